The molecule has 0 saturated carbocycles. The number of ether oxygens (including phenoxy) is 1. The molecule has 2 heterocycles. The number of hydrogen-bond acceptors (Lipinski definition) is 6. The highest BCUT2D eigenvalue weighted by Crippen LogP contribution is 2.24. The van der Waals surface area contributed by atoms with E-state index in [-0.39, 0.29) is 23.0 Å². The van der Waals surface area contributed by atoms with Crippen LogP contribution in [0, 0.1) is 12.7 Å². The molecule has 0 unspecified atom stereocenters. The number of hydrogen-bond donors (Lipinski definition) is 1. The number of thioether (sulfide) groups is 1. The summed E-state index contributed by atoms with van der Waals surface area (Å²) in [6.45, 7) is 2.48. The van der Waals surface area contributed by atoms with E-state index in [1.54, 1.807) is 31.5 Å². The first-order valence-electron chi connectivity index (χ1n) is 8.16. The van der Waals surface area contributed by atoms with Gasteiger partial charge in [-0.15, -0.1) is 11.3 Å². The molecule has 0 bridgehead atoms. The minimum atomic E-state index is -0.344. The van der Waals surface area contributed by atoms with Crippen molar-refractivity contribution in [1.29, 1.82) is 0 Å². The lowest BCUT2D eigenvalue weighted by molar-refractivity contribution is -0.118. The molecule has 1 aromatic carbocycles. The fourth-order valence-corrected chi connectivity index (χ4v) is 4.06. The van der Waals surface area contributed by atoms with Crippen molar-refractivity contribution in [3.05, 3.63) is 51.4 Å². The number of nitrogens with zero attached hydrogens (tertiary/aromatic N) is 2. The summed E-state index contributed by atoms with van der Waals surface area (Å²) in [5, 5.41) is 4.91. The van der Waals surface area contributed by atoms with E-state index in [9.17, 15) is 14.0 Å². The number of thiophene rings is 1. The molecule has 0 radical (unpaired) electrons. The van der Waals surface area contributed by atoms with Crippen LogP contribution in [0.3, 0.4) is 0 Å². The molecule has 3 aromatic rings. The third-order valence-corrected chi connectivity index (χ3v) is 5.64. The molecule has 1 amide bonds. The van der Waals surface area contributed by atoms with Crippen LogP contribution in [0.5, 0.6) is 0 Å². The summed E-state index contributed by atoms with van der Waals surface area (Å²) in [6.07, 6.45) is 0. The molecule has 6 nitrogen and oxygen atoms in total. The van der Waals surface area contributed by atoms with Gasteiger partial charge in [0.1, 0.15) is 10.5 Å². The fraction of sp³-hybridized carbons (Fsp3) is 0.278. The van der Waals surface area contributed by atoms with Gasteiger partial charge >= 0.3 is 0 Å². The summed E-state index contributed by atoms with van der Waals surface area (Å²) in [5.74, 6) is -0.423. The van der Waals surface area contributed by atoms with E-state index < -0.39 is 0 Å². The number of halogens is 1. The van der Waals surface area contributed by atoms with E-state index in [1.807, 2.05) is 0 Å². The van der Waals surface area contributed by atoms with Crippen molar-refractivity contribution in [2.24, 2.45) is 0 Å². The van der Waals surface area contributed by atoms with E-state index in [1.165, 1.54) is 28.0 Å². The first-order valence-corrected chi connectivity index (χ1v) is 10.0. The van der Waals surface area contributed by atoms with Crippen LogP contribution in [0.25, 0.3) is 15.9 Å². The van der Waals surface area contributed by atoms with Crippen LogP contribution in [-0.2, 0) is 9.53 Å². The molecule has 1 N–H and O–H groups in total. The number of carbonyl (C=O) groups is 1. The summed E-state index contributed by atoms with van der Waals surface area (Å²) < 4.78 is 20.5. The van der Waals surface area contributed by atoms with Gasteiger partial charge < -0.3 is 10.1 Å². The van der Waals surface area contributed by atoms with Crippen molar-refractivity contribution in [3.8, 4) is 5.69 Å². The lowest BCUT2D eigenvalue weighted by Crippen LogP contribution is -2.29. The van der Waals surface area contributed by atoms with E-state index in [4.69, 9.17) is 4.74 Å². The average Bonchev–Trinajstić information content (AvgIpc) is 3.12. The molecular weight excluding hydrogens is 389 g/mol. The zero-order chi connectivity index (χ0) is 19.4. The summed E-state index contributed by atoms with van der Waals surface area (Å²) in [4.78, 5) is 29.5. The van der Waals surface area contributed by atoms with Gasteiger partial charge in [-0.25, -0.2) is 9.37 Å². The third kappa shape index (κ3) is 4.37. The Morgan fingerprint density at radius 1 is 1.41 bits per heavy atom. The molecule has 0 aliphatic heterocycles. The maximum Gasteiger partial charge on any atom is 0.276 e. The zero-order valence-electron chi connectivity index (χ0n) is 14.8. The summed E-state index contributed by atoms with van der Waals surface area (Å²) in [5.41, 5.74) is 1.30. The standard InChI is InChI=1S/C18H18FN3O3S2/c1-11-9-12(3-4-13(11)19)22-17(24)16-14(5-8-26-16)21-18(22)27-10-15(23)20-6-7-25-2/h3-5,8-9H,6-7,10H2,1-2H3,(H,20,23). The molecule has 0 atom stereocenters. The van der Waals surface area contributed by atoms with Crippen molar-refractivity contribution in [2.75, 3.05) is 26.0 Å². The Bertz CT molecular complexity index is 1030. The lowest BCUT2D eigenvalue weighted by Gasteiger charge is -2.13. The molecule has 9 heteroatoms. The third-order valence-electron chi connectivity index (χ3n) is 3.81. The van der Waals surface area contributed by atoms with Crippen LogP contribution in [0.1, 0.15) is 5.56 Å². The second-order valence-corrected chi connectivity index (χ2v) is 7.59. The first-order chi connectivity index (χ1) is 13.0. The lowest BCUT2D eigenvalue weighted by atomic mass is 10.2. The molecule has 0 aliphatic rings. The predicted octanol–water partition coefficient (Wildman–Crippen LogP) is 2.75. The quantitative estimate of drug-likeness (QED) is 0.370. The van der Waals surface area contributed by atoms with Crippen LogP contribution < -0.4 is 10.9 Å². The number of rotatable bonds is 7. The Morgan fingerprint density at radius 3 is 2.96 bits per heavy atom. The second-order valence-electron chi connectivity index (χ2n) is 5.73. The molecule has 2 aromatic heterocycles. The largest absolute Gasteiger partial charge is 0.383 e. The predicted molar refractivity (Wildman–Crippen MR) is 106 cm³/mol. The topological polar surface area (TPSA) is 73.2 Å². The summed E-state index contributed by atoms with van der Waals surface area (Å²) in [7, 11) is 1.56. The van der Waals surface area contributed by atoms with Gasteiger partial charge in [0, 0.05) is 13.7 Å². The minimum Gasteiger partial charge on any atom is -0.383 e. The van der Waals surface area contributed by atoms with Gasteiger partial charge in [-0.1, -0.05) is 11.8 Å². The minimum absolute atomic E-state index is 0.103. The van der Waals surface area contributed by atoms with Crippen LogP contribution in [0.15, 0.2) is 39.6 Å². The van der Waals surface area contributed by atoms with Crippen LogP contribution >= 0.6 is 23.1 Å². The fourth-order valence-electron chi connectivity index (χ4n) is 2.46. The number of amides is 1. The Labute approximate surface area is 163 Å². The van der Waals surface area contributed by atoms with Crippen molar-refractivity contribution in [1.82, 2.24) is 14.9 Å². The number of nitrogens with one attached hydrogen (secondary N) is 1. The normalized spacial score (nSPS) is 11.1. The maximum atomic E-state index is 13.7. The van der Waals surface area contributed by atoms with Crippen LogP contribution in [-0.4, -0.2) is 41.5 Å². The molecule has 27 heavy (non-hydrogen) atoms. The van der Waals surface area contributed by atoms with Gasteiger partial charge in [-0.2, -0.15) is 0 Å². The average molecular weight is 407 g/mol. The van der Waals surface area contributed by atoms with Gasteiger partial charge in [0.15, 0.2) is 5.16 Å². The van der Waals surface area contributed by atoms with Crippen molar-refractivity contribution in [3.63, 3.8) is 0 Å². The van der Waals surface area contributed by atoms with Crippen LogP contribution in [0.2, 0.25) is 0 Å². The van der Waals surface area contributed by atoms with E-state index in [0.29, 0.717) is 39.8 Å². The van der Waals surface area contributed by atoms with Gasteiger partial charge in [-0.05, 0) is 42.1 Å². The molecule has 0 spiro atoms. The van der Waals surface area contributed by atoms with Gasteiger partial charge in [0.05, 0.1) is 23.6 Å². The smallest absolute Gasteiger partial charge is 0.276 e. The molecule has 3 rings (SSSR count). The first kappa shape index (κ1) is 19.5. The highest BCUT2D eigenvalue weighted by Gasteiger charge is 2.16. The summed E-state index contributed by atoms with van der Waals surface area (Å²) in [6, 6.07) is 6.22. The molecule has 0 fully saturated rings. The number of aromatic nitrogens is 2. The highest BCUT2D eigenvalue weighted by molar-refractivity contribution is 7.99. The van der Waals surface area contributed by atoms with E-state index in [0.717, 1.165) is 11.8 Å². The van der Waals surface area contributed by atoms with Gasteiger partial charge in [0.25, 0.3) is 5.56 Å². The van der Waals surface area contributed by atoms with Crippen molar-refractivity contribution < 1.29 is 13.9 Å². The Morgan fingerprint density at radius 2 is 2.22 bits per heavy atom. The number of benzene rings is 1. The monoisotopic (exact) mass is 407 g/mol. The molecular formula is C18H18FN3O3S2. The maximum absolute atomic E-state index is 13.7. The summed E-state index contributed by atoms with van der Waals surface area (Å²) >= 11 is 2.46. The molecule has 0 saturated heterocycles. The van der Waals surface area contributed by atoms with Gasteiger partial charge in [-0.3, -0.25) is 14.2 Å². The Hall–Kier alpha value is -2.23. The molecule has 0 aliphatic carbocycles. The number of aryl methyl sites for hydroxylation is 1. The van der Waals surface area contributed by atoms with E-state index >= 15 is 0 Å². The highest BCUT2D eigenvalue weighted by atomic mass is 32.2. The second kappa shape index (κ2) is 8.64. The number of carbonyl (C=O) groups excluding carboxylic acids is 1. The zero-order valence-corrected chi connectivity index (χ0v) is 16.5. The van der Waals surface area contributed by atoms with Crippen molar-refractivity contribution >= 4 is 39.2 Å². The number of methoxy groups -OCH3 is 1. The van der Waals surface area contributed by atoms with Crippen molar-refractivity contribution in [2.45, 2.75) is 12.1 Å². The van der Waals surface area contributed by atoms with E-state index in [2.05, 4.69) is 10.3 Å². The Balaban J connectivity index is 1.96. The van der Waals surface area contributed by atoms with Gasteiger partial charge in [0.2, 0.25) is 5.91 Å². The number of fused-ring (bicyclic) bond motifs is 1. The van der Waals surface area contributed by atoms with Crippen LogP contribution in [0.4, 0.5) is 4.39 Å². The SMILES string of the molecule is COCCNC(=O)CSc1nc2ccsc2c(=O)n1-c1ccc(F)c(C)c1. The molecule has 142 valence electrons. The Kier molecular flexibility index (Phi) is 6.25.